The number of ether oxygens (including phenoxy) is 1. The summed E-state index contributed by atoms with van der Waals surface area (Å²) in [4.78, 5) is 14.7. The van der Waals surface area contributed by atoms with Crippen molar-refractivity contribution in [3.63, 3.8) is 0 Å². The fourth-order valence-electron chi connectivity index (χ4n) is 4.83. The van der Waals surface area contributed by atoms with E-state index in [1.165, 1.54) is 0 Å². The highest BCUT2D eigenvalue weighted by atomic mass is 35.5. The lowest BCUT2D eigenvalue weighted by Crippen LogP contribution is -2.54. The molecule has 1 N–H and O–H groups in total. The van der Waals surface area contributed by atoms with Gasteiger partial charge in [0.2, 0.25) is 5.91 Å². The summed E-state index contributed by atoms with van der Waals surface area (Å²) >= 11 is 6.46. The smallest absolute Gasteiger partial charge is 0.223 e. The standard InChI is InChI=1S/C19H29ClN4O2/c1-12-15(17(20)23(2)22-12)11-24-9-8-19(26-3)7-6-14(10-16(19)24)21-18(25)13-4-5-13/h13-14,16H,4-11H2,1-3H3,(H,21,25)/t14-,16+,19-/m1/s1. The van der Waals surface area contributed by atoms with Crippen molar-refractivity contribution >= 4 is 17.5 Å². The molecular formula is C19H29ClN4O2. The Balaban J connectivity index is 1.50. The van der Waals surface area contributed by atoms with Crippen LogP contribution < -0.4 is 5.32 Å². The van der Waals surface area contributed by atoms with Gasteiger partial charge in [0, 0.05) is 50.8 Å². The lowest BCUT2D eigenvalue weighted by atomic mass is 9.78. The number of hydrogen-bond donors (Lipinski definition) is 1. The van der Waals surface area contributed by atoms with E-state index in [2.05, 4.69) is 15.3 Å². The molecule has 1 aliphatic heterocycles. The van der Waals surface area contributed by atoms with Gasteiger partial charge < -0.3 is 10.1 Å². The third-order valence-corrected chi connectivity index (χ3v) is 7.10. The van der Waals surface area contributed by atoms with Gasteiger partial charge in [0.1, 0.15) is 5.15 Å². The molecule has 1 aromatic heterocycles. The Morgan fingerprint density at radius 2 is 2.15 bits per heavy atom. The van der Waals surface area contributed by atoms with Gasteiger partial charge in [0.25, 0.3) is 0 Å². The topological polar surface area (TPSA) is 59.4 Å². The summed E-state index contributed by atoms with van der Waals surface area (Å²) < 4.78 is 7.78. The molecule has 0 bridgehead atoms. The zero-order chi connectivity index (χ0) is 18.5. The molecule has 6 nitrogen and oxygen atoms in total. The number of carbonyl (C=O) groups is 1. The molecule has 1 saturated heterocycles. The molecule has 0 unspecified atom stereocenters. The summed E-state index contributed by atoms with van der Waals surface area (Å²) in [5, 5.41) is 8.44. The second-order valence-corrected chi connectivity index (χ2v) is 8.60. The van der Waals surface area contributed by atoms with E-state index >= 15 is 0 Å². The molecule has 3 fully saturated rings. The van der Waals surface area contributed by atoms with Gasteiger partial charge in [-0.3, -0.25) is 14.4 Å². The van der Waals surface area contributed by atoms with E-state index in [0.717, 1.165) is 62.9 Å². The first-order valence-electron chi connectivity index (χ1n) is 9.71. The van der Waals surface area contributed by atoms with Crippen LogP contribution in [0.25, 0.3) is 0 Å². The van der Waals surface area contributed by atoms with Gasteiger partial charge in [-0.2, -0.15) is 5.10 Å². The zero-order valence-corrected chi connectivity index (χ0v) is 16.7. The van der Waals surface area contributed by atoms with Crippen molar-refractivity contribution in [2.24, 2.45) is 13.0 Å². The number of halogens is 1. The van der Waals surface area contributed by atoms with Crippen molar-refractivity contribution in [2.45, 2.75) is 69.7 Å². The number of nitrogens with zero attached hydrogens (tertiary/aromatic N) is 3. The van der Waals surface area contributed by atoms with Crippen molar-refractivity contribution in [1.82, 2.24) is 20.0 Å². The fourth-order valence-corrected chi connectivity index (χ4v) is 5.07. The Labute approximate surface area is 160 Å². The van der Waals surface area contributed by atoms with Crippen LogP contribution >= 0.6 is 11.6 Å². The average molecular weight is 381 g/mol. The molecular weight excluding hydrogens is 352 g/mol. The second kappa shape index (κ2) is 6.80. The average Bonchev–Trinajstić information content (AvgIpc) is 3.38. The van der Waals surface area contributed by atoms with Gasteiger partial charge in [-0.1, -0.05) is 11.6 Å². The Morgan fingerprint density at radius 1 is 1.38 bits per heavy atom. The van der Waals surface area contributed by atoms with Crippen LogP contribution in [0, 0.1) is 12.8 Å². The molecule has 2 heterocycles. The van der Waals surface area contributed by atoms with E-state index in [1.807, 2.05) is 21.1 Å². The Kier molecular flexibility index (Phi) is 4.78. The molecule has 3 aliphatic rings. The molecule has 0 aromatic carbocycles. The largest absolute Gasteiger partial charge is 0.377 e. The maximum Gasteiger partial charge on any atom is 0.223 e. The highest BCUT2D eigenvalue weighted by Crippen LogP contribution is 2.43. The van der Waals surface area contributed by atoms with Crippen LogP contribution in [0.3, 0.4) is 0 Å². The van der Waals surface area contributed by atoms with Crippen LogP contribution in [-0.2, 0) is 23.1 Å². The third kappa shape index (κ3) is 3.16. The highest BCUT2D eigenvalue weighted by molar-refractivity contribution is 6.30. The summed E-state index contributed by atoms with van der Waals surface area (Å²) in [6.45, 7) is 3.80. The summed E-state index contributed by atoms with van der Waals surface area (Å²) in [5.41, 5.74) is 2.00. The molecule has 0 spiro atoms. The van der Waals surface area contributed by atoms with Gasteiger partial charge in [0.05, 0.1) is 11.3 Å². The van der Waals surface area contributed by atoms with E-state index in [1.54, 1.807) is 4.68 Å². The fraction of sp³-hybridized carbons (Fsp3) is 0.789. The number of hydrogen-bond acceptors (Lipinski definition) is 4. The normalized spacial score (nSPS) is 31.8. The number of carbonyl (C=O) groups excluding carboxylic acids is 1. The lowest BCUT2D eigenvalue weighted by molar-refractivity contribution is -0.124. The van der Waals surface area contributed by atoms with Crippen LogP contribution in [0.4, 0.5) is 0 Å². The van der Waals surface area contributed by atoms with Gasteiger partial charge in [-0.15, -0.1) is 0 Å². The van der Waals surface area contributed by atoms with Crippen LogP contribution in [0.15, 0.2) is 0 Å². The summed E-state index contributed by atoms with van der Waals surface area (Å²) in [6.07, 6.45) is 6.09. The summed E-state index contributed by atoms with van der Waals surface area (Å²) in [6, 6.07) is 0.559. The SMILES string of the molecule is CO[C@@]12CC[C@@H](NC(=O)C3CC3)C[C@@H]1N(Cc1c(C)nn(C)c1Cl)CC2. The molecule has 144 valence electrons. The zero-order valence-electron chi connectivity index (χ0n) is 15.9. The molecule has 2 saturated carbocycles. The number of aryl methyl sites for hydroxylation is 2. The van der Waals surface area contributed by atoms with Crippen molar-refractivity contribution in [1.29, 1.82) is 0 Å². The minimum atomic E-state index is -0.0939. The van der Waals surface area contributed by atoms with Crippen LogP contribution in [0.1, 0.15) is 49.8 Å². The molecule has 1 aromatic rings. The van der Waals surface area contributed by atoms with E-state index in [9.17, 15) is 4.79 Å². The first-order chi connectivity index (χ1) is 12.4. The second-order valence-electron chi connectivity index (χ2n) is 8.24. The van der Waals surface area contributed by atoms with Crippen LogP contribution in [-0.4, -0.2) is 51.9 Å². The summed E-state index contributed by atoms with van der Waals surface area (Å²) in [7, 11) is 3.72. The predicted molar refractivity (Wildman–Crippen MR) is 100 cm³/mol. The first-order valence-corrected chi connectivity index (χ1v) is 10.1. The van der Waals surface area contributed by atoms with Gasteiger partial charge in [-0.05, 0) is 45.4 Å². The Morgan fingerprint density at radius 3 is 2.77 bits per heavy atom. The van der Waals surface area contributed by atoms with Gasteiger partial charge >= 0.3 is 0 Å². The van der Waals surface area contributed by atoms with Crippen molar-refractivity contribution < 1.29 is 9.53 Å². The molecule has 7 heteroatoms. The first kappa shape index (κ1) is 18.3. The highest BCUT2D eigenvalue weighted by Gasteiger charge is 2.51. The Hall–Kier alpha value is -1.11. The number of fused-ring (bicyclic) bond motifs is 1. The van der Waals surface area contributed by atoms with E-state index in [-0.39, 0.29) is 23.5 Å². The number of methoxy groups -OCH3 is 1. The molecule has 3 atom stereocenters. The van der Waals surface area contributed by atoms with E-state index < -0.39 is 0 Å². The van der Waals surface area contributed by atoms with E-state index in [4.69, 9.17) is 16.3 Å². The molecule has 1 amide bonds. The molecule has 4 rings (SSSR count). The number of nitrogens with one attached hydrogen (secondary N) is 1. The van der Waals surface area contributed by atoms with E-state index in [0.29, 0.717) is 11.2 Å². The minimum absolute atomic E-state index is 0.0939. The molecule has 0 radical (unpaired) electrons. The van der Waals surface area contributed by atoms with Crippen molar-refractivity contribution in [3.8, 4) is 0 Å². The molecule has 2 aliphatic carbocycles. The van der Waals surface area contributed by atoms with Crippen LogP contribution in [0.2, 0.25) is 5.15 Å². The maximum atomic E-state index is 12.2. The summed E-state index contributed by atoms with van der Waals surface area (Å²) in [5.74, 6) is 0.510. The Bertz CT molecular complexity index is 702. The van der Waals surface area contributed by atoms with Gasteiger partial charge in [0.15, 0.2) is 0 Å². The number of amides is 1. The molecule has 26 heavy (non-hydrogen) atoms. The van der Waals surface area contributed by atoms with Crippen molar-refractivity contribution in [2.75, 3.05) is 13.7 Å². The quantitative estimate of drug-likeness (QED) is 0.852. The maximum absolute atomic E-state index is 12.2. The van der Waals surface area contributed by atoms with Crippen LogP contribution in [0.5, 0.6) is 0 Å². The predicted octanol–water partition coefficient (Wildman–Crippen LogP) is 2.42. The minimum Gasteiger partial charge on any atom is -0.377 e. The van der Waals surface area contributed by atoms with Gasteiger partial charge in [-0.25, -0.2) is 0 Å². The third-order valence-electron chi connectivity index (χ3n) is 6.63. The number of aromatic nitrogens is 2. The number of rotatable bonds is 5. The lowest BCUT2D eigenvalue weighted by Gasteiger charge is -2.44. The monoisotopic (exact) mass is 380 g/mol. The van der Waals surface area contributed by atoms with Crippen molar-refractivity contribution in [3.05, 3.63) is 16.4 Å². The number of likely N-dealkylation sites (tertiary alicyclic amines) is 1.